The average molecular weight is 714 g/mol. The topological polar surface area (TPSA) is 190 Å². The van der Waals surface area contributed by atoms with Crippen LogP contribution in [0.5, 0.6) is 5.75 Å². The number of esters is 3. The first-order valence-electron chi connectivity index (χ1n) is 16.9. The standard InChI is InChI=1S/C36H39N7O9/c1-21(44)49-29-17-30(52-33(35(46)48-4)32(29)50-22(2)45)51-28-12-8-7-11-27(28)41(3)36(47)42-16-14-25-31(38-20-39-34(25)42)24-18-40-43(19-24)26(13-15-37)23-9-5-6-10-23/h7-8,11-12,14,16,18-20,23,26,29-30,32-33H,5-6,9-10,13,17H2,1-4H3/t26-,29-,30-,32+,33+/m1/s1. The quantitative estimate of drug-likeness (QED) is 0.164. The summed E-state index contributed by atoms with van der Waals surface area (Å²) in [6, 6.07) is 10.3. The van der Waals surface area contributed by atoms with Gasteiger partial charge in [0.2, 0.25) is 6.29 Å². The minimum atomic E-state index is -1.46. The van der Waals surface area contributed by atoms with Crippen LogP contribution in [0.25, 0.3) is 22.3 Å². The number of benzene rings is 1. The second kappa shape index (κ2) is 15.6. The Morgan fingerprint density at radius 1 is 1.08 bits per heavy atom. The van der Waals surface area contributed by atoms with Gasteiger partial charge in [-0.3, -0.25) is 23.7 Å². The molecule has 0 radical (unpaired) electrons. The lowest BCUT2D eigenvalue weighted by Gasteiger charge is -2.39. The van der Waals surface area contributed by atoms with Crippen molar-refractivity contribution in [3.05, 3.63) is 55.2 Å². The molecule has 0 bridgehead atoms. The number of carbonyl (C=O) groups excluding carboxylic acids is 4. The van der Waals surface area contributed by atoms with Gasteiger partial charge in [0.25, 0.3) is 0 Å². The number of rotatable bonds is 10. The highest BCUT2D eigenvalue weighted by Gasteiger charge is 2.48. The van der Waals surface area contributed by atoms with E-state index in [0.717, 1.165) is 45.3 Å². The Bertz CT molecular complexity index is 2000. The molecule has 0 spiro atoms. The van der Waals surface area contributed by atoms with E-state index < -0.39 is 48.5 Å². The molecular formula is C36H39N7O9. The van der Waals surface area contributed by atoms with E-state index in [9.17, 15) is 24.4 Å². The van der Waals surface area contributed by atoms with E-state index in [1.165, 1.54) is 22.7 Å². The highest BCUT2D eigenvalue weighted by Crippen LogP contribution is 2.37. The largest absolute Gasteiger partial charge is 0.467 e. The van der Waals surface area contributed by atoms with Crippen molar-refractivity contribution in [3.8, 4) is 23.1 Å². The van der Waals surface area contributed by atoms with Crippen LogP contribution in [0.15, 0.2) is 55.2 Å². The predicted octanol–water partition coefficient (Wildman–Crippen LogP) is 4.57. The molecule has 1 saturated heterocycles. The molecule has 52 heavy (non-hydrogen) atoms. The second-order valence-corrected chi connectivity index (χ2v) is 12.7. The number of hydrogen-bond acceptors (Lipinski definition) is 13. The molecule has 2 aliphatic rings. The Hall–Kier alpha value is -5.82. The van der Waals surface area contributed by atoms with E-state index in [4.69, 9.17) is 23.7 Å². The number of hydrogen-bond donors (Lipinski definition) is 0. The summed E-state index contributed by atoms with van der Waals surface area (Å²) < 4.78 is 30.9. The van der Waals surface area contributed by atoms with Gasteiger partial charge in [-0.1, -0.05) is 25.0 Å². The Kier molecular flexibility index (Phi) is 10.8. The van der Waals surface area contributed by atoms with Crippen LogP contribution in [-0.2, 0) is 33.3 Å². The normalized spacial score (nSPS) is 20.8. The Morgan fingerprint density at radius 3 is 2.54 bits per heavy atom. The smallest absolute Gasteiger partial charge is 0.339 e. The average Bonchev–Trinajstić information content (AvgIpc) is 3.92. The number of carbonyl (C=O) groups is 4. The SMILES string of the molecule is COC(=O)[C@H]1O[C@@H](Oc2ccccc2N(C)C(=O)n2ccc3c(-c4cnn([C@H](CC#N)C5CCCC5)c4)ncnc32)C[C@@H](OC(C)=O)[C@@H]1OC(C)=O. The van der Waals surface area contributed by atoms with E-state index in [-0.39, 0.29) is 18.2 Å². The zero-order valence-electron chi connectivity index (χ0n) is 29.2. The van der Waals surface area contributed by atoms with Gasteiger partial charge in [0, 0.05) is 44.2 Å². The second-order valence-electron chi connectivity index (χ2n) is 12.7. The number of methoxy groups -OCH3 is 1. The van der Waals surface area contributed by atoms with Crippen LogP contribution in [0, 0.1) is 17.2 Å². The minimum Gasteiger partial charge on any atom is -0.467 e. The van der Waals surface area contributed by atoms with E-state index in [1.54, 1.807) is 49.8 Å². The molecule has 16 heteroatoms. The third kappa shape index (κ3) is 7.45. The molecule has 0 N–H and O–H groups in total. The van der Waals surface area contributed by atoms with Crippen LogP contribution in [0.3, 0.4) is 0 Å². The Balaban J connectivity index is 1.25. The van der Waals surface area contributed by atoms with Crippen molar-refractivity contribution in [1.82, 2.24) is 24.3 Å². The molecule has 3 aromatic heterocycles. The summed E-state index contributed by atoms with van der Waals surface area (Å²) in [6.07, 6.45) is 6.32. The molecule has 1 aliphatic carbocycles. The first-order chi connectivity index (χ1) is 25.1. The number of nitriles is 1. The van der Waals surface area contributed by atoms with Crippen LogP contribution in [-0.4, -0.2) is 87.0 Å². The molecule has 1 aromatic carbocycles. The summed E-state index contributed by atoms with van der Waals surface area (Å²) in [4.78, 5) is 60.9. The highest BCUT2D eigenvalue weighted by atomic mass is 16.7. The van der Waals surface area contributed by atoms with Gasteiger partial charge in [-0.25, -0.2) is 19.6 Å². The molecule has 1 amide bonds. The number of para-hydroxylation sites is 2. The van der Waals surface area contributed by atoms with Gasteiger partial charge in [-0.15, -0.1) is 0 Å². The van der Waals surface area contributed by atoms with Gasteiger partial charge in [0.05, 0.1) is 49.6 Å². The summed E-state index contributed by atoms with van der Waals surface area (Å²) >= 11 is 0. The number of ether oxygens (including phenoxy) is 5. The molecule has 272 valence electrons. The van der Waals surface area contributed by atoms with Crippen molar-refractivity contribution in [1.29, 1.82) is 5.26 Å². The molecule has 4 heterocycles. The maximum atomic E-state index is 14.1. The van der Waals surface area contributed by atoms with Crippen molar-refractivity contribution in [2.45, 2.75) is 83.0 Å². The number of nitrogens with zero attached hydrogens (tertiary/aromatic N) is 7. The van der Waals surface area contributed by atoms with Gasteiger partial charge in [0.15, 0.2) is 17.9 Å². The van der Waals surface area contributed by atoms with Crippen LogP contribution < -0.4 is 9.64 Å². The zero-order valence-corrected chi connectivity index (χ0v) is 29.2. The highest BCUT2D eigenvalue weighted by molar-refractivity contribution is 6.02. The summed E-state index contributed by atoms with van der Waals surface area (Å²) in [7, 11) is 2.71. The van der Waals surface area contributed by atoms with Gasteiger partial charge in [0.1, 0.15) is 18.2 Å². The summed E-state index contributed by atoms with van der Waals surface area (Å²) in [5.41, 5.74) is 2.06. The van der Waals surface area contributed by atoms with Gasteiger partial charge in [-0.05, 0) is 37.0 Å². The fourth-order valence-electron chi connectivity index (χ4n) is 6.98. The monoisotopic (exact) mass is 713 g/mol. The molecule has 0 unspecified atom stereocenters. The third-order valence-corrected chi connectivity index (χ3v) is 9.36. The van der Waals surface area contributed by atoms with Gasteiger partial charge >= 0.3 is 23.9 Å². The lowest BCUT2D eigenvalue weighted by molar-refractivity contribution is -0.241. The van der Waals surface area contributed by atoms with Gasteiger partial charge in [-0.2, -0.15) is 10.4 Å². The van der Waals surface area contributed by atoms with E-state index in [1.807, 2.05) is 10.9 Å². The third-order valence-electron chi connectivity index (χ3n) is 9.36. The fourth-order valence-corrected chi connectivity index (χ4v) is 6.98. The van der Waals surface area contributed by atoms with Crippen molar-refractivity contribution in [2.75, 3.05) is 19.1 Å². The molecule has 1 saturated carbocycles. The minimum absolute atomic E-state index is 0.0195. The predicted molar refractivity (Wildman–Crippen MR) is 183 cm³/mol. The van der Waals surface area contributed by atoms with Crippen LogP contribution in [0.2, 0.25) is 0 Å². The maximum Gasteiger partial charge on any atom is 0.339 e. The van der Waals surface area contributed by atoms with E-state index in [2.05, 4.69) is 21.1 Å². The molecule has 1 aliphatic heterocycles. The molecule has 2 fully saturated rings. The number of fused-ring (bicyclic) bond motifs is 1. The first-order valence-corrected chi connectivity index (χ1v) is 16.9. The molecular weight excluding hydrogens is 674 g/mol. The van der Waals surface area contributed by atoms with E-state index >= 15 is 0 Å². The Morgan fingerprint density at radius 2 is 1.83 bits per heavy atom. The molecule has 5 atom stereocenters. The molecule has 6 rings (SSSR count). The maximum absolute atomic E-state index is 14.1. The molecule has 4 aromatic rings. The number of aromatic nitrogens is 5. The van der Waals surface area contributed by atoms with Crippen LogP contribution in [0.1, 0.15) is 58.4 Å². The summed E-state index contributed by atoms with van der Waals surface area (Å²) in [6.45, 7) is 2.35. The van der Waals surface area contributed by atoms with Crippen molar-refractivity contribution in [3.63, 3.8) is 0 Å². The van der Waals surface area contributed by atoms with E-state index in [0.29, 0.717) is 34.8 Å². The summed E-state index contributed by atoms with van der Waals surface area (Å²) in [5, 5.41) is 14.8. The van der Waals surface area contributed by atoms with Crippen molar-refractivity contribution < 1.29 is 42.9 Å². The van der Waals surface area contributed by atoms with Crippen LogP contribution in [0.4, 0.5) is 10.5 Å². The number of anilines is 1. The van der Waals surface area contributed by atoms with Crippen LogP contribution >= 0.6 is 0 Å². The zero-order chi connectivity index (χ0) is 36.9. The number of amides is 1. The van der Waals surface area contributed by atoms with Crippen molar-refractivity contribution in [2.24, 2.45) is 5.92 Å². The fraction of sp³-hybridized carbons (Fsp3) is 0.444. The molecule has 16 nitrogen and oxygen atoms in total. The first kappa shape index (κ1) is 36.0. The summed E-state index contributed by atoms with van der Waals surface area (Å²) in [5.74, 6) is -1.62. The lowest BCUT2D eigenvalue weighted by atomic mass is 9.96. The van der Waals surface area contributed by atoms with Gasteiger partial charge < -0.3 is 23.7 Å². The lowest BCUT2D eigenvalue weighted by Crippen LogP contribution is -2.56. The van der Waals surface area contributed by atoms with Crippen molar-refractivity contribution >= 4 is 40.7 Å². The Labute approximate surface area is 299 Å².